The highest BCUT2D eigenvalue weighted by Crippen LogP contribution is 2.44. The third-order valence-corrected chi connectivity index (χ3v) is 4.91. The highest BCUT2D eigenvalue weighted by atomic mass is 16.6. The number of aromatic hydroxyl groups is 1. The third kappa shape index (κ3) is 3.38. The number of phenols is 1. The number of hydrogen-bond donors (Lipinski definition) is 2. The summed E-state index contributed by atoms with van der Waals surface area (Å²) in [5.41, 5.74) is 0.0894. The normalized spacial score (nSPS) is 17.7. The number of ketones is 1. The molecule has 2 N–H and O–H groups in total. The Morgan fingerprint density at radius 1 is 1.00 bits per heavy atom. The van der Waals surface area contributed by atoms with E-state index in [0.29, 0.717) is 5.69 Å². The van der Waals surface area contributed by atoms with Crippen molar-refractivity contribution in [3.8, 4) is 5.75 Å². The Labute approximate surface area is 175 Å². The summed E-state index contributed by atoms with van der Waals surface area (Å²) in [7, 11) is 0. The van der Waals surface area contributed by atoms with Crippen molar-refractivity contribution in [3.05, 3.63) is 99.9 Å². The van der Waals surface area contributed by atoms with Gasteiger partial charge in [-0.2, -0.15) is 0 Å². The maximum atomic E-state index is 12.9. The molecule has 1 amide bonds. The van der Waals surface area contributed by atoms with Crippen LogP contribution in [-0.2, 0) is 9.59 Å². The van der Waals surface area contributed by atoms with Crippen LogP contribution in [0, 0.1) is 10.1 Å². The van der Waals surface area contributed by atoms with E-state index in [4.69, 9.17) is 0 Å². The number of aliphatic hydroxyl groups is 1. The van der Waals surface area contributed by atoms with Crippen molar-refractivity contribution in [2.24, 2.45) is 0 Å². The van der Waals surface area contributed by atoms with E-state index in [1.165, 1.54) is 42.6 Å². The van der Waals surface area contributed by atoms with E-state index >= 15 is 0 Å². The fraction of sp³-hybridized carbons (Fsp3) is 0.0455. The molecule has 1 fully saturated rings. The molecule has 9 heteroatoms. The minimum atomic E-state index is -1.11. The van der Waals surface area contributed by atoms with Gasteiger partial charge >= 0.3 is 0 Å². The standard InChI is InChI=1S/C22H15N3O6/c26-17-7-2-1-6-16(17)24-19(15-5-3-4-12-23-15)18(21(28)22(24)29)20(27)13-8-10-14(11-9-13)25(30)31/h1-12,19,26-27H/b20-18-. The molecule has 4 rings (SSSR count). The van der Waals surface area contributed by atoms with Crippen molar-refractivity contribution in [2.45, 2.75) is 6.04 Å². The summed E-state index contributed by atoms with van der Waals surface area (Å²) < 4.78 is 0. The van der Waals surface area contributed by atoms with Gasteiger partial charge in [0.15, 0.2) is 0 Å². The van der Waals surface area contributed by atoms with Gasteiger partial charge in [-0.05, 0) is 36.4 Å². The van der Waals surface area contributed by atoms with Crippen molar-refractivity contribution in [3.63, 3.8) is 0 Å². The molecule has 0 bridgehead atoms. The fourth-order valence-electron chi connectivity index (χ4n) is 3.46. The molecular formula is C22H15N3O6. The Hall–Kier alpha value is -4.53. The number of aromatic nitrogens is 1. The first kappa shape index (κ1) is 19.8. The van der Waals surface area contributed by atoms with E-state index in [-0.39, 0.29) is 28.3 Å². The van der Waals surface area contributed by atoms with Gasteiger partial charge in [0.2, 0.25) is 0 Å². The van der Waals surface area contributed by atoms with Gasteiger partial charge in [-0.1, -0.05) is 18.2 Å². The van der Waals surface area contributed by atoms with Crippen LogP contribution < -0.4 is 4.90 Å². The van der Waals surface area contributed by atoms with Gasteiger partial charge in [-0.15, -0.1) is 0 Å². The first-order valence-electron chi connectivity index (χ1n) is 9.15. The molecule has 1 atom stereocenters. The van der Waals surface area contributed by atoms with Crippen LogP contribution in [0.15, 0.2) is 78.5 Å². The molecule has 1 aromatic heterocycles. The second-order valence-corrected chi connectivity index (χ2v) is 6.72. The molecule has 154 valence electrons. The van der Waals surface area contributed by atoms with Crippen LogP contribution in [0.25, 0.3) is 5.76 Å². The predicted molar refractivity (Wildman–Crippen MR) is 110 cm³/mol. The first-order valence-corrected chi connectivity index (χ1v) is 9.15. The van der Waals surface area contributed by atoms with Gasteiger partial charge in [0.1, 0.15) is 17.6 Å². The Morgan fingerprint density at radius 3 is 2.29 bits per heavy atom. The summed E-state index contributed by atoms with van der Waals surface area (Å²) >= 11 is 0. The number of pyridine rings is 1. The smallest absolute Gasteiger partial charge is 0.300 e. The molecule has 2 aromatic carbocycles. The molecule has 1 aliphatic heterocycles. The molecule has 0 saturated carbocycles. The van der Waals surface area contributed by atoms with E-state index < -0.39 is 28.4 Å². The van der Waals surface area contributed by atoms with Gasteiger partial charge in [0, 0.05) is 23.9 Å². The number of non-ortho nitro benzene ring substituents is 1. The lowest BCUT2D eigenvalue weighted by Gasteiger charge is -2.25. The summed E-state index contributed by atoms with van der Waals surface area (Å²) in [6.45, 7) is 0. The number of nitrogens with zero attached hydrogens (tertiary/aromatic N) is 3. The number of phenolic OH excluding ortho intramolecular Hbond substituents is 1. The molecule has 0 radical (unpaired) electrons. The van der Waals surface area contributed by atoms with Crippen molar-refractivity contribution in [1.29, 1.82) is 0 Å². The number of para-hydroxylation sites is 2. The SMILES string of the molecule is O=C1C(=O)N(c2ccccc2O)C(c2ccccn2)/C1=C(/O)c1ccc([N+](=O)[O-])cc1. The summed E-state index contributed by atoms with van der Waals surface area (Å²) in [5.74, 6) is -2.63. The average Bonchev–Trinajstić information content (AvgIpc) is 3.05. The van der Waals surface area contributed by atoms with E-state index in [1.807, 2.05) is 0 Å². The topological polar surface area (TPSA) is 134 Å². The number of benzene rings is 2. The van der Waals surface area contributed by atoms with Crippen molar-refractivity contribution in [1.82, 2.24) is 4.98 Å². The van der Waals surface area contributed by atoms with Crippen molar-refractivity contribution >= 4 is 28.8 Å². The quantitative estimate of drug-likeness (QED) is 0.219. The molecule has 1 aliphatic rings. The minimum absolute atomic E-state index is 0.0861. The van der Waals surface area contributed by atoms with Crippen LogP contribution in [0.5, 0.6) is 5.75 Å². The molecule has 1 unspecified atom stereocenters. The number of nitro benzene ring substituents is 1. The average molecular weight is 417 g/mol. The zero-order valence-corrected chi connectivity index (χ0v) is 15.9. The van der Waals surface area contributed by atoms with Crippen molar-refractivity contribution in [2.75, 3.05) is 4.90 Å². The summed E-state index contributed by atoms with van der Waals surface area (Å²) in [6.07, 6.45) is 1.48. The van der Waals surface area contributed by atoms with Crippen LogP contribution >= 0.6 is 0 Å². The molecule has 31 heavy (non-hydrogen) atoms. The lowest BCUT2D eigenvalue weighted by molar-refractivity contribution is -0.384. The Kier molecular flexibility index (Phi) is 4.92. The number of hydrogen-bond acceptors (Lipinski definition) is 7. The fourth-order valence-corrected chi connectivity index (χ4v) is 3.46. The number of rotatable bonds is 4. The highest BCUT2D eigenvalue weighted by molar-refractivity contribution is 6.51. The molecule has 3 aromatic rings. The molecule has 0 aliphatic carbocycles. The minimum Gasteiger partial charge on any atom is -0.507 e. The number of anilines is 1. The Balaban J connectivity index is 1.92. The van der Waals surface area contributed by atoms with Crippen LogP contribution in [-0.4, -0.2) is 31.8 Å². The largest absolute Gasteiger partial charge is 0.507 e. The second kappa shape index (κ2) is 7.71. The van der Waals surface area contributed by atoms with Gasteiger partial charge in [-0.3, -0.25) is 29.6 Å². The maximum absolute atomic E-state index is 12.9. The van der Waals surface area contributed by atoms with Gasteiger partial charge in [0.25, 0.3) is 17.4 Å². The van der Waals surface area contributed by atoms with E-state index in [0.717, 1.165) is 4.90 Å². The van der Waals surface area contributed by atoms with Crippen LogP contribution in [0.2, 0.25) is 0 Å². The van der Waals surface area contributed by atoms with Crippen LogP contribution in [0.3, 0.4) is 0 Å². The number of Topliss-reactive ketones (excluding diaryl/α,β-unsaturated/α-hetero) is 1. The third-order valence-electron chi connectivity index (χ3n) is 4.91. The number of nitro groups is 1. The van der Waals surface area contributed by atoms with Gasteiger partial charge in [-0.25, -0.2) is 0 Å². The number of carbonyl (C=O) groups is 2. The maximum Gasteiger partial charge on any atom is 0.300 e. The predicted octanol–water partition coefficient (Wildman–Crippen LogP) is 3.32. The van der Waals surface area contributed by atoms with E-state index in [9.17, 15) is 29.9 Å². The molecule has 0 spiro atoms. The van der Waals surface area contributed by atoms with Crippen LogP contribution in [0.4, 0.5) is 11.4 Å². The molecular weight excluding hydrogens is 402 g/mol. The lowest BCUT2D eigenvalue weighted by atomic mass is 9.98. The molecule has 9 nitrogen and oxygen atoms in total. The van der Waals surface area contributed by atoms with E-state index in [1.54, 1.807) is 30.3 Å². The van der Waals surface area contributed by atoms with Gasteiger partial charge < -0.3 is 10.2 Å². The number of carbonyl (C=O) groups excluding carboxylic acids is 2. The second-order valence-electron chi connectivity index (χ2n) is 6.72. The lowest BCUT2D eigenvalue weighted by Crippen LogP contribution is -2.29. The number of aliphatic hydroxyl groups excluding tert-OH is 1. The first-order chi connectivity index (χ1) is 14.9. The summed E-state index contributed by atoms with van der Waals surface area (Å²) in [5, 5.41) is 32.1. The Bertz CT molecular complexity index is 1220. The van der Waals surface area contributed by atoms with Crippen molar-refractivity contribution < 1.29 is 24.7 Å². The van der Waals surface area contributed by atoms with E-state index in [2.05, 4.69) is 4.98 Å². The molecule has 1 saturated heterocycles. The Morgan fingerprint density at radius 2 is 1.68 bits per heavy atom. The highest BCUT2D eigenvalue weighted by Gasteiger charge is 2.48. The zero-order valence-electron chi connectivity index (χ0n) is 15.9. The zero-order chi connectivity index (χ0) is 22.1. The van der Waals surface area contributed by atoms with Crippen LogP contribution in [0.1, 0.15) is 17.3 Å². The molecule has 2 heterocycles. The summed E-state index contributed by atoms with van der Waals surface area (Å²) in [6, 6.07) is 14.8. The van der Waals surface area contributed by atoms with Gasteiger partial charge in [0.05, 0.1) is 21.9 Å². The summed E-state index contributed by atoms with van der Waals surface area (Å²) in [4.78, 5) is 41.5. The monoisotopic (exact) mass is 417 g/mol. The number of amides is 1.